The number of hydrogen-bond acceptors (Lipinski definition) is 6. The maximum Gasteiger partial charge on any atom is 0.305 e. The van der Waals surface area contributed by atoms with E-state index < -0.39 is 22.1 Å². The van der Waals surface area contributed by atoms with Crippen molar-refractivity contribution in [2.45, 2.75) is 24.0 Å². The number of carboxylic acids is 1. The van der Waals surface area contributed by atoms with Crippen LogP contribution in [-0.2, 0) is 26.1 Å². The number of aliphatic hydroxyl groups is 1. The number of ether oxygens (including phenoxy) is 1. The molecule has 0 aromatic carbocycles. The van der Waals surface area contributed by atoms with E-state index in [0.29, 0.717) is 0 Å². The van der Waals surface area contributed by atoms with Gasteiger partial charge in [0.15, 0.2) is 0 Å². The van der Waals surface area contributed by atoms with Gasteiger partial charge in [0.25, 0.3) is 0 Å². The SMILES string of the molecule is COCC(O)CN(C)S(=O)(=O)c1cnn(CCC(=O)O)c1. The second-order valence-corrected chi connectivity index (χ2v) is 6.52. The van der Waals surface area contributed by atoms with Gasteiger partial charge in [-0.15, -0.1) is 0 Å². The lowest BCUT2D eigenvalue weighted by molar-refractivity contribution is -0.137. The van der Waals surface area contributed by atoms with Crippen molar-refractivity contribution in [2.24, 2.45) is 0 Å². The molecule has 1 atom stereocenters. The Balaban J connectivity index is 2.75. The molecule has 0 aliphatic carbocycles. The molecule has 0 saturated carbocycles. The lowest BCUT2D eigenvalue weighted by atomic mass is 10.4. The molecule has 0 fully saturated rings. The van der Waals surface area contributed by atoms with Gasteiger partial charge in [-0.3, -0.25) is 9.48 Å². The van der Waals surface area contributed by atoms with Gasteiger partial charge in [-0.1, -0.05) is 0 Å². The Morgan fingerprint density at radius 1 is 1.57 bits per heavy atom. The lowest BCUT2D eigenvalue weighted by Crippen LogP contribution is -2.36. The molecule has 2 N–H and O–H groups in total. The molecule has 1 unspecified atom stereocenters. The van der Waals surface area contributed by atoms with E-state index in [-0.39, 0.29) is 31.0 Å². The predicted octanol–water partition coefficient (Wildman–Crippen LogP) is -1.01. The topological polar surface area (TPSA) is 122 Å². The number of rotatable bonds is 9. The molecule has 0 amide bonds. The van der Waals surface area contributed by atoms with E-state index in [1.54, 1.807) is 0 Å². The molecule has 1 aromatic heterocycles. The maximum absolute atomic E-state index is 12.2. The van der Waals surface area contributed by atoms with Crippen LogP contribution in [0.25, 0.3) is 0 Å². The molecule has 0 spiro atoms. The average Bonchev–Trinajstić information content (AvgIpc) is 2.85. The lowest BCUT2D eigenvalue weighted by Gasteiger charge is -2.19. The van der Waals surface area contributed by atoms with Gasteiger partial charge in [0, 0.05) is 26.9 Å². The van der Waals surface area contributed by atoms with Crippen molar-refractivity contribution in [1.29, 1.82) is 0 Å². The molecule has 10 heteroatoms. The monoisotopic (exact) mass is 321 g/mol. The standard InChI is InChI=1S/C11H19N3O6S/c1-13(6-9(15)8-20-2)21(18,19)10-5-12-14(7-10)4-3-11(16)17/h5,7,9,15H,3-4,6,8H2,1-2H3,(H,16,17). The first-order valence-electron chi connectivity index (χ1n) is 6.15. The van der Waals surface area contributed by atoms with Gasteiger partial charge < -0.3 is 14.9 Å². The molecule has 9 nitrogen and oxygen atoms in total. The number of aliphatic hydroxyl groups excluding tert-OH is 1. The number of nitrogens with zero attached hydrogens (tertiary/aromatic N) is 3. The first-order chi connectivity index (χ1) is 9.77. The third-order valence-corrected chi connectivity index (χ3v) is 4.48. The summed E-state index contributed by atoms with van der Waals surface area (Å²) in [6.07, 6.45) is 1.33. The Morgan fingerprint density at radius 3 is 2.81 bits per heavy atom. The van der Waals surface area contributed by atoms with Gasteiger partial charge in [0.2, 0.25) is 10.0 Å². The van der Waals surface area contributed by atoms with Crippen LogP contribution in [0.3, 0.4) is 0 Å². The van der Waals surface area contributed by atoms with Crippen LogP contribution >= 0.6 is 0 Å². The van der Waals surface area contributed by atoms with E-state index in [1.807, 2.05) is 0 Å². The smallest absolute Gasteiger partial charge is 0.305 e. The highest BCUT2D eigenvalue weighted by Gasteiger charge is 2.24. The minimum absolute atomic E-state index is 0.0255. The highest BCUT2D eigenvalue weighted by atomic mass is 32.2. The molecule has 1 rings (SSSR count). The van der Waals surface area contributed by atoms with Gasteiger partial charge in [-0.25, -0.2) is 8.42 Å². The number of hydrogen-bond donors (Lipinski definition) is 2. The summed E-state index contributed by atoms with van der Waals surface area (Å²) in [6, 6.07) is 0. The molecule has 1 heterocycles. The Kier molecular flexibility index (Phi) is 6.27. The number of likely N-dealkylation sites (N-methyl/N-ethyl adjacent to an activating group) is 1. The minimum atomic E-state index is -3.78. The van der Waals surface area contributed by atoms with Crippen molar-refractivity contribution in [3.63, 3.8) is 0 Å². The van der Waals surface area contributed by atoms with Gasteiger partial charge >= 0.3 is 5.97 Å². The van der Waals surface area contributed by atoms with Crippen LogP contribution in [0.2, 0.25) is 0 Å². The van der Waals surface area contributed by atoms with Crippen molar-refractivity contribution in [3.05, 3.63) is 12.4 Å². The van der Waals surface area contributed by atoms with Crippen LogP contribution in [-0.4, -0.2) is 72.1 Å². The molecule has 0 aliphatic rings. The predicted molar refractivity (Wildman–Crippen MR) is 72.2 cm³/mol. The third-order valence-electron chi connectivity index (χ3n) is 2.70. The van der Waals surface area contributed by atoms with Crippen LogP contribution in [0, 0.1) is 0 Å². The zero-order chi connectivity index (χ0) is 16.0. The van der Waals surface area contributed by atoms with Crippen molar-refractivity contribution in [2.75, 3.05) is 27.3 Å². The molecular weight excluding hydrogens is 302 g/mol. The molecule has 120 valence electrons. The fraction of sp³-hybridized carbons (Fsp3) is 0.636. The molecule has 0 bridgehead atoms. The second-order valence-electron chi connectivity index (χ2n) is 4.48. The number of aliphatic carboxylic acids is 1. The maximum atomic E-state index is 12.2. The summed E-state index contributed by atoms with van der Waals surface area (Å²) in [6.45, 7) is -0.00488. The van der Waals surface area contributed by atoms with Crippen LogP contribution in [0.4, 0.5) is 0 Å². The van der Waals surface area contributed by atoms with Gasteiger partial charge in [0.05, 0.1) is 31.9 Å². The summed E-state index contributed by atoms with van der Waals surface area (Å²) in [5.41, 5.74) is 0. The zero-order valence-electron chi connectivity index (χ0n) is 11.8. The van der Waals surface area contributed by atoms with E-state index in [2.05, 4.69) is 5.10 Å². The summed E-state index contributed by atoms with van der Waals surface area (Å²) in [5.74, 6) is -0.991. The molecule has 0 radical (unpaired) electrons. The molecule has 0 aliphatic heterocycles. The van der Waals surface area contributed by atoms with Gasteiger partial charge in [0.1, 0.15) is 4.90 Å². The molecule has 21 heavy (non-hydrogen) atoms. The number of aryl methyl sites for hydroxylation is 1. The van der Waals surface area contributed by atoms with Crippen LogP contribution in [0.15, 0.2) is 17.3 Å². The first-order valence-corrected chi connectivity index (χ1v) is 7.59. The number of sulfonamides is 1. The third kappa shape index (κ3) is 5.08. The number of carbonyl (C=O) groups is 1. The summed E-state index contributed by atoms with van der Waals surface area (Å²) >= 11 is 0. The van der Waals surface area contributed by atoms with E-state index in [0.717, 1.165) is 10.5 Å². The quantitative estimate of drug-likeness (QED) is 0.597. The minimum Gasteiger partial charge on any atom is -0.481 e. The van der Waals surface area contributed by atoms with Gasteiger partial charge in [-0.2, -0.15) is 9.40 Å². The number of aromatic nitrogens is 2. The zero-order valence-corrected chi connectivity index (χ0v) is 12.7. The summed E-state index contributed by atoms with van der Waals surface area (Å²) < 4.78 is 31.4. The number of carboxylic acid groups (broad SMARTS) is 1. The Morgan fingerprint density at radius 2 is 2.24 bits per heavy atom. The van der Waals surface area contributed by atoms with Crippen LogP contribution in [0.5, 0.6) is 0 Å². The summed E-state index contributed by atoms with van der Waals surface area (Å²) in [5, 5.41) is 21.9. The fourth-order valence-corrected chi connectivity index (χ4v) is 2.79. The largest absolute Gasteiger partial charge is 0.481 e. The normalized spacial score (nSPS) is 13.5. The Labute approximate surface area is 122 Å². The summed E-state index contributed by atoms with van der Waals surface area (Å²) in [4.78, 5) is 10.4. The fourth-order valence-electron chi connectivity index (χ4n) is 1.63. The average molecular weight is 321 g/mol. The van der Waals surface area contributed by atoms with Crippen LogP contribution < -0.4 is 0 Å². The van der Waals surface area contributed by atoms with E-state index in [1.165, 1.54) is 25.0 Å². The van der Waals surface area contributed by atoms with Gasteiger partial charge in [-0.05, 0) is 0 Å². The van der Waals surface area contributed by atoms with E-state index in [4.69, 9.17) is 9.84 Å². The van der Waals surface area contributed by atoms with E-state index >= 15 is 0 Å². The first kappa shape index (κ1) is 17.6. The molecular formula is C11H19N3O6S. The van der Waals surface area contributed by atoms with Crippen molar-refractivity contribution < 1.29 is 28.2 Å². The number of methoxy groups -OCH3 is 1. The van der Waals surface area contributed by atoms with Crippen molar-refractivity contribution in [3.8, 4) is 0 Å². The molecule has 1 aromatic rings. The molecule has 0 saturated heterocycles. The van der Waals surface area contributed by atoms with Crippen molar-refractivity contribution in [1.82, 2.24) is 14.1 Å². The highest BCUT2D eigenvalue weighted by Crippen LogP contribution is 2.13. The Bertz CT molecular complexity index is 570. The summed E-state index contributed by atoms with van der Waals surface area (Å²) in [7, 11) is -1.04. The van der Waals surface area contributed by atoms with Crippen LogP contribution in [0.1, 0.15) is 6.42 Å². The Hall–Kier alpha value is -1.49. The van der Waals surface area contributed by atoms with Crippen molar-refractivity contribution >= 4 is 16.0 Å². The highest BCUT2D eigenvalue weighted by molar-refractivity contribution is 7.89. The second kappa shape index (κ2) is 7.50. The van der Waals surface area contributed by atoms with E-state index in [9.17, 15) is 18.3 Å².